The van der Waals surface area contributed by atoms with Gasteiger partial charge in [0.25, 0.3) is 0 Å². The van der Waals surface area contributed by atoms with Gasteiger partial charge in [-0.05, 0) is 29.7 Å². The Hall–Kier alpha value is -1.78. The molecule has 0 unspecified atom stereocenters. The summed E-state index contributed by atoms with van der Waals surface area (Å²) in [5.41, 5.74) is 0.363. The number of hydrogen-bond donors (Lipinski definition) is 0. The lowest BCUT2D eigenvalue weighted by molar-refractivity contribution is -0.139. The van der Waals surface area contributed by atoms with Crippen LogP contribution in [0.3, 0.4) is 0 Å². The van der Waals surface area contributed by atoms with Crippen molar-refractivity contribution in [3.8, 4) is 0 Å². The van der Waals surface area contributed by atoms with Crippen LogP contribution in [0.5, 0.6) is 0 Å². The number of hydrogen-bond acceptors (Lipinski definition) is 1. The van der Waals surface area contributed by atoms with Crippen molar-refractivity contribution in [3.63, 3.8) is 0 Å². The number of halogens is 3. The number of benzene rings is 1. The van der Waals surface area contributed by atoms with Gasteiger partial charge in [0.05, 0.1) is 5.56 Å². The molecule has 0 spiro atoms. The molecule has 0 N–H and O–H groups in total. The first-order valence-electron chi connectivity index (χ1n) is 7.25. The molecule has 1 aromatic rings. The van der Waals surface area contributed by atoms with E-state index in [1.54, 1.807) is 11.0 Å². The van der Waals surface area contributed by atoms with E-state index >= 15 is 0 Å². The molecule has 5 heteroatoms. The van der Waals surface area contributed by atoms with Gasteiger partial charge in [-0.25, -0.2) is 0 Å². The lowest BCUT2D eigenvalue weighted by atomic mass is 9.92. The average Bonchev–Trinajstić information content (AvgIpc) is 2.45. The molecule has 1 aliphatic rings. The zero-order chi connectivity index (χ0) is 16.5. The Balaban J connectivity index is 2.17. The predicted molar refractivity (Wildman–Crippen MR) is 80.1 cm³/mol. The quantitative estimate of drug-likeness (QED) is 0.754. The summed E-state index contributed by atoms with van der Waals surface area (Å²) in [7, 11) is 0. The maximum atomic E-state index is 12.8. The molecule has 2 nitrogen and oxygen atoms in total. The van der Waals surface area contributed by atoms with Crippen molar-refractivity contribution in [1.29, 1.82) is 0 Å². The Labute approximate surface area is 128 Å². The van der Waals surface area contributed by atoms with E-state index in [1.807, 2.05) is 26.8 Å². The SMILES string of the molecule is CC(C)(C)C(=O)N1CC=C(c2cccc(C(F)(F)F)c2)CC1. The van der Waals surface area contributed by atoms with Crippen LogP contribution < -0.4 is 0 Å². The fourth-order valence-electron chi connectivity index (χ4n) is 2.49. The Kier molecular flexibility index (Phi) is 4.36. The second-order valence-corrected chi connectivity index (χ2v) is 6.56. The number of carbonyl (C=O) groups excluding carboxylic acids is 1. The topological polar surface area (TPSA) is 20.3 Å². The normalized spacial score (nSPS) is 16.5. The molecule has 0 saturated carbocycles. The lowest BCUT2D eigenvalue weighted by Gasteiger charge is -2.32. The first-order valence-corrected chi connectivity index (χ1v) is 7.25. The Morgan fingerprint density at radius 1 is 1.18 bits per heavy atom. The highest BCUT2D eigenvalue weighted by molar-refractivity contribution is 5.82. The van der Waals surface area contributed by atoms with Crippen molar-refractivity contribution < 1.29 is 18.0 Å². The van der Waals surface area contributed by atoms with E-state index < -0.39 is 17.2 Å². The maximum absolute atomic E-state index is 12.8. The molecule has 22 heavy (non-hydrogen) atoms. The predicted octanol–water partition coefficient (Wildman–Crippen LogP) is 4.37. The lowest BCUT2D eigenvalue weighted by Crippen LogP contribution is -2.41. The third-order valence-corrected chi connectivity index (χ3v) is 3.70. The van der Waals surface area contributed by atoms with E-state index in [4.69, 9.17) is 0 Å². The van der Waals surface area contributed by atoms with Gasteiger partial charge in [-0.1, -0.05) is 39.0 Å². The summed E-state index contributed by atoms with van der Waals surface area (Å²) in [6.07, 6.45) is -1.91. The van der Waals surface area contributed by atoms with Crippen molar-refractivity contribution in [2.45, 2.75) is 33.4 Å². The average molecular weight is 311 g/mol. The summed E-state index contributed by atoms with van der Waals surface area (Å²) in [5.74, 6) is 0.0619. The minimum Gasteiger partial charge on any atom is -0.338 e. The molecule has 1 heterocycles. The van der Waals surface area contributed by atoms with Crippen LogP contribution in [0.15, 0.2) is 30.3 Å². The summed E-state index contributed by atoms with van der Waals surface area (Å²) in [4.78, 5) is 13.9. The highest BCUT2D eigenvalue weighted by Crippen LogP contribution is 2.32. The third-order valence-electron chi connectivity index (χ3n) is 3.70. The van der Waals surface area contributed by atoms with Gasteiger partial charge in [-0.15, -0.1) is 0 Å². The summed E-state index contributed by atoms with van der Waals surface area (Å²) in [6, 6.07) is 5.35. The molecule has 1 aliphatic heterocycles. The minimum absolute atomic E-state index is 0.0619. The van der Waals surface area contributed by atoms with Gasteiger partial charge >= 0.3 is 6.18 Å². The molecular formula is C17H20F3NO. The van der Waals surface area contributed by atoms with Crippen LogP contribution in [0.25, 0.3) is 5.57 Å². The van der Waals surface area contributed by atoms with E-state index in [0.29, 0.717) is 25.1 Å². The molecule has 2 rings (SSSR count). The second kappa shape index (κ2) is 5.78. The van der Waals surface area contributed by atoms with Gasteiger partial charge in [0, 0.05) is 18.5 Å². The number of carbonyl (C=O) groups is 1. The minimum atomic E-state index is -4.33. The van der Waals surface area contributed by atoms with Crippen molar-refractivity contribution in [2.75, 3.05) is 13.1 Å². The molecule has 1 amide bonds. The first-order chi connectivity index (χ1) is 10.1. The molecule has 0 bridgehead atoms. The fourth-order valence-corrected chi connectivity index (χ4v) is 2.49. The zero-order valence-electron chi connectivity index (χ0n) is 13.0. The Bertz CT molecular complexity index is 597. The van der Waals surface area contributed by atoms with Crippen LogP contribution in [0.2, 0.25) is 0 Å². The van der Waals surface area contributed by atoms with Crippen molar-refractivity contribution >= 4 is 11.5 Å². The van der Waals surface area contributed by atoms with Crippen LogP contribution in [0.1, 0.15) is 38.3 Å². The molecule has 0 saturated heterocycles. The Morgan fingerprint density at radius 2 is 1.86 bits per heavy atom. The van der Waals surface area contributed by atoms with Gasteiger partial charge in [0.1, 0.15) is 0 Å². The molecule has 0 atom stereocenters. The standard InChI is InChI=1S/C17H20F3NO/c1-16(2,3)15(22)21-9-7-12(8-10-21)13-5-4-6-14(11-13)17(18,19)20/h4-7,11H,8-10H2,1-3H3. The number of nitrogens with zero attached hydrogens (tertiary/aromatic N) is 1. The van der Waals surface area contributed by atoms with Gasteiger partial charge in [-0.2, -0.15) is 13.2 Å². The zero-order valence-corrected chi connectivity index (χ0v) is 13.0. The molecule has 1 aromatic carbocycles. The van der Waals surface area contributed by atoms with E-state index in [1.165, 1.54) is 12.1 Å². The van der Waals surface area contributed by atoms with Gasteiger partial charge in [0.2, 0.25) is 5.91 Å². The van der Waals surface area contributed by atoms with Crippen LogP contribution >= 0.6 is 0 Å². The van der Waals surface area contributed by atoms with Gasteiger partial charge in [0.15, 0.2) is 0 Å². The van der Waals surface area contributed by atoms with Gasteiger partial charge < -0.3 is 4.90 Å². The van der Waals surface area contributed by atoms with E-state index in [0.717, 1.165) is 11.6 Å². The van der Waals surface area contributed by atoms with Crippen molar-refractivity contribution in [3.05, 3.63) is 41.5 Å². The fraction of sp³-hybridized carbons (Fsp3) is 0.471. The van der Waals surface area contributed by atoms with E-state index in [9.17, 15) is 18.0 Å². The monoisotopic (exact) mass is 311 g/mol. The van der Waals surface area contributed by atoms with Crippen molar-refractivity contribution in [2.24, 2.45) is 5.41 Å². The highest BCUT2D eigenvalue weighted by Gasteiger charge is 2.31. The van der Waals surface area contributed by atoms with Crippen LogP contribution in [0.4, 0.5) is 13.2 Å². The molecule has 0 radical (unpaired) electrons. The summed E-state index contributed by atoms with van der Waals surface area (Å²) in [6.45, 7) is 6.57. The largest absolute Gasteiger partial charge is 0.416 e. The second-order valence-electron chi connectivity index (χ2n) is 6.56. The van der Waals surface area contributed by atoms with Gasteiger partial charge in [-0.3, -0.25) is 4.79 Å². The molecule has 120 valence electrons. The third kappa shape index (κ3) is 3.70. The Morgan fingerprint density at radius 3 is 2.36 bits per heavy atom. The van der Waals surface area contributed by atoms with E-state index in [-0.39, 0.29) is 5.91 Å². The highest BCUT2D eigenvalue weighted by atomic mass is 19.4. The number of amides is 1. The maximum Gasteiger partial charge on any atom is 0.416 e. The summed E-state index contributed by atoms with van der Waals surface area (Å²) in [5, 5.41) is 0. The molecular weight excluding hydrogens is 291 g/mol. The molecule has 0 aromatic heterocycles. The first kappa shape index (κ1) is 16.6. The number of alkyl halides is 3. The molecule has 0 aliphatic carbocycles. The smallest absolute Gasteiger partial charge is 0.338 e. The summed E-state index contributed by atoms with van der Waals surface area (Å²) < 4.78 is 38.3. The number of rotatable bonds is 1. The van der Waals surface area contributed by atoms with Crippen LogP contribution in [0, 0.1) is 5.41 Å². The van der Waals surface area contributed by atoms with Crippen LogP contribution in [-0.4, -0.2) is 23.9 Å². The van der Waals surface area contributed by atoms with E-state index in [2.05, 4.69) is 0 Å². The van der Waals surface area contributed by atoms with Crippen molar-refractivity contribution in [1.82, 2.24) is 4.90 Å². The van der Waals surface area contributed by atoms with Crippen LogP contribution in [-0.2, 0) is 11.0 Å². The molecule has 0 fully saturated rings. The summed E-state index contributed by atoms with van der Waals surface area (Å²) >= 11 is 0.